The summed E-state index contributed by atoms with van der Waals surface area (Å²) < 4.78 is 38.8. The topological polar surface area (TPSA) is 75.0 Å². The predicted molar refractivity (Wildman–Crippen MR) is 85.7 cm³/mol. The normalized spacial score (nSPS) is 25.7. The van der Waals surface area contributed by atoms with Gasteiger partial charge in [0.15, 0.2) is 9.84 Å². The van der Waals surface area contributed by atoms with Gasteiger partial charge in [0.2, 0.25) is 0 Å². The molecule has 7 heteroatoms. The molecule has 1 fully saturated rings. The Morgan fingerprint density at radius 2 is 1.71 bits per heavy atom. The molecule has 0 aliphatic heterocycles. The summed E-state index contributed by atoms with van der Waals surface area (Å²) in [5.41, 5.74) is -1.23. The third-order valence-corrected chi connectivity index (χ3v) is 6.79. The molecule has 1 saturated carbocycles. The van der Waals surface area contributed by atoms with Crippen LogP contribution in [0.4, 0.5) is 4.39 Å². The minimum Gasteiger partial charge on any atom is -0.302 e. The van der Waals surface area contributed by atoms with Gasteiger partial charge in [-0.1, -0.05) is 23.7 Å². The number of rotatable bonds is 4. The molecule has 0 N–H and O–H groups in total. The van der Waals surface area contributed by atoms with Gasteiger partial charge >= 0.3 is 0 Å². The van der Waals surface area contributed by atoms with Gasteiger partial charge in [0.05, 0.1) is 11.0 Å². The number of nitrogens with zero attached hydrogens (tertiary/aromatic N) is 1. The fourth-order valence-corrected chi connectivity index (χ4v) is 5.37. The van der Waals surface area contributed by atoms with E-state index in [1.165, 1.54) is 48.5 Å². The molecule has 24 heavy (non-hydrogen) atoms. The van der Waals surface area contributed by atoms with Crippen LogP contribution in [0.5, 0.6) is 0 Å². The maximum Gasteiger partial charge on any atom is 0.183 e. The third kappa shape index (κ3) is 2.41. The lowest BCUT2D eigenvalue weighted by molar-refractivity contribution is -0.110. The third-order valence-electron chi connectivity index (χ3n) is 4.27. The molecule has 1 aliphatic carbocycles. The van der Waals surface area contributed by atoms with Crippen molar-refractivity contribution in [2.24, 2.45) is 5.41 Å². The van der Waals surface area contributed by atoms with Gasteiger partial charge in [-0.05, 0) is 42.0 Å². The van der Waals surface area contributed by atoms with Crippen molar-refractivity contribution in [3.63, 3.8) is 0 Å². The van der Waals surface area contributed by atoms with Crippen LogP contribution in [0.1, 0.15) is 11.5 Å². The molecule has 2 aromatic rings. The minimum atomic E-state index is -3.93. The molecule has 0 heterocycles. The highest BCUT2D eigenvalue weighted by Gasteiger charge is 2.72. The van der Waals surface area contributed by atoms with Gasteiger partial charge in [-0.2, -0.15) is 5.26 Å². The fraction of sp³-hybridized carbons (Fsp3) is 0.176. The zero-order valence-electron chi connectivity index (χ0n) is 12.2. The molecule has 2 aromatic carbocycles. The molecule has 0 aromatic heterocycles. The van der Waals surface area contributed by atoms with E-state index < -0.39 is 32.2 Å². The van der Waals surface area contributed by atoms with Crippen molar-refractivity contribution in [1.29, 1.82) is 5.26 Å². The maximum absolute atomic E-state index is 13.1. The van der Waals surface area contributed by atoms with E-state index in [0.29, 0.717) is 16.9 Å². The molecule has 0 spiro atoms. The highest BCUT2D eigenvalue weighted by molar-refractivity contribution is 7.92. The average molecular weight is 364 g/mol. The van der Waals surface area contributed by atoms with Crippen molar-refractivity contribution in [3.05, 3.63) is 64.9 Å². The van der Waals surface area contributed by atoms with E-state index in [9.17, 15) is 22.9 Å². The van der Waals surface area contributed by atoms with E-state index >= 15 is 0 Å². The van der Waals surface area contributed by atoms with Crippen molar-refractivity contribution in [1.82, 2.24) is 0 Å². The lowest BCUT2D eigenvalue weighted by atomic mass is 10.0. The number of hydrogen-bond donors (Lipinski definition) is 0. The monoisotopic (exact) mass is 363 g/mol. The molecule has 4 nitrogen and oxygen atoms in total. The number of carbonyl (C=O) groups excluding carboxylic acids is 1. The first-order valence-corrected chi connectivity index (χ1v) is 8.92. The summed E-state index contributed by atoms with van der Waals surface area (Å²) in [5.74, 6) is -1.31. The summed E-state index contributed by atoms with van der Waals surface area (Å²) in [6.07, 6.45) is 0.374. The second-order valence-electron chi connectivity index (χ2n) is 5.61. The smallest absolute Gasteiger partial charge is 0.183 e. The lowest BCUT2D eigenvalue weighted by Gasteiger charge is -2.04. The van der Waals surface area contributed by atoms with Crippen LogP contribution in [0, 0.1) is 22.6 Å². The SMILES string of the molecule is N#CC1(C=O)C(c2ccc(F)cc2)C1S(=O)(=O)c1ccc(Cl)cc1. The predicted octanol–water partition coefficient (Wildman–Crippen LogP) is 3.13. The average Bonchev–Trinajstić information content (AvgIpc) is 3.26. The van der Waals surface area contributed by atoms with E-state index in [-0.39, 0.29) is 4.90 Å². The lowest BCUT2D eigenvalue weighted by Crippen LogP contribution is -2.16. The molecule has 3 atom stereocenters. The quantitative estimate of drug-likeness (QED) is 0.782. The Bertz CT molecular complexity index is 935. The van der Waals surface area contributed by atoms with Gasteiger partial charge < -0.3 is 4.79 Å². The van der Waals surface area contributed by atoms with E-state index in [1.807, 2.05) is 6.07 Å². The summed E-state index contributed by atoms with van der Waals surface area (Å²) in [5, 5.41) is 8.59. The fourth-order valence-electron chi connectivity index (χ4n) is 3.00. The van der Waals surface area contributed by atoms with Crippen molar-refractivity contribution >= 4 is 27.7 Å². The Morgan fingerprint density at radius 1 is 1.12 bits per heavy atom. The molecule has 0 bridgehead atoms. The van der Waals surface area contributed by atoms with Crippen LogP contribution in [0.2, 0.25) is 5.02 Å². The second kappa shape index (κ2) is 5.69. The van der Waals surface area contributed by atoms with Crippen molar-refractivity contribution in [2.45, 2.75) is 16.1 Å². The first-order valence-electron chi connectivity index (χ1n) is 6.99. The van der Waals surface area contributed by atoms with E-state index in [0.717, 1.165) is 0 Å². The van der Waals surface area contributed by atoms with Gasteiger partial charge in [0.25, 0.3) is 0 Å². The van der Waals surface area contributed by atoms with Crippen LogP contribution < -0.4 is 0 Å². The maximum atomic E-state index is 13.1. The summed E-state index contributed by atoms with van der Waals surface area (Å²) in [6.45, 7) is 0. The summed E-state index contributed by atoms with van der Waals surface area (Å²) in [7, 11) is -3.93. The van der Waals surface area contributed by atoms with Crippen LogP contribution >= 0.6 is 11.6 Å². The Hall–Kier alpha value is -2.23. The number of hydrogen-bond acceptors (Lipinski definition) is 4. The molecule has 3 unspecified atom stereocenters. The van der Waals surface area contributed by atoms with Crippen LogP contribution in [-0.4, -0.2) is 20.0 Å². The highest BCUT2D eigenvalue weighted by atomic mass is 35.5. The molecular formula is C17H11ClFNO3S. The summed E-state index contributed by atoms with van der Waals surface area (Å²) in [6, 6.07) is 12.5. The largest absolute Gasteiger partial charge is 0.302 e. The summed E-state index contributed by atoms with van der Waals surface area (Å²) >= 11 is 5.77. The Balaban J connectivity index is 2.08. The van der Waals surface area contributed by atoms with Gasteiger partial charge in [-0.25, -0.2) is 12.8 Å². The zero-order valence-corrected chi connectivity index (χ0v) is 13.8. The number of sulfone groups is 1. The number of halogens is 2. The molecule has 0 radical (unpaired) electrons. The van der Waals surface area contributed by atoms with Crippen molar-refractivity contribution in [3.8, 4) is 6.07 Å². The molecular weight excluding hydrogens is 353 g/mol. The van der Waals surface area contributed by atoms with Crippen LogP contribution in [0.25, 0.3) is 0 Å². The number of carbonyl (C=O) groups is 1. The summed E-state index contributed by atoms with van der Waals surface area (Å²) in [4.78, 5) is 11.5. The zero-order chi connectivity index (χ0) is 17.5. The van der Waals surface area contributed by atoms with Gasteiger partial charge in [0, 0.05) is 10.9 Å². The van der Waals surface area contributed by atoms with Gasteiger partial charge in [-0.3, -0.25) is 0 Å². The standard InChI is InChI=1S/C17H11ClFNO3S/c18-12-3-7-14(8-4-12)24(22,23)16-15(17(16,9-20)10-21)11-1-5-13(19)6-2-11/h1-8,10,15-16H. The number of benzene rings is 2. The minimum absolute atomic E-state index is 0.0111. The first kappa shape index (κ1) is 16.6. The van der Waals surface area contributed by atoms with Crippen LogP contribution in [-0.2, 0) is 14.6 Å². The Kier molecular flexibility index (Phi) is 3.94. The Morgan fingerprint density at radius 3 is 2.21 bits per heavy atom. The van der Waals surface area contributed by atoms with E-state index in [1.54, 1.807) is 0 Å². The second-order valence-corrected chi connectivity index (χ2v) is 8.12. The Labute approximate surface area is 143 Å². The molecule has 122 valence electrons. The van der Waals surface area contributed by atoms with E-state index in [4.69, 9.17) is 11.6 Å². The molecule has 0 amide bonds. The van der Waals surface area contributed by atoms with Crippen LogP contribution in [0.3, 0.4) is 0 Å². The molecule has 0 saturated heterocycles. The molecule has 3 rings (SSSR count). The van der Waals surface area contributed by atoms with Crippen molar-refractivity contribution < 1.29 is 17.6 Å². The number of nitriles is 1. The highest BCUT2D eigenvalue weighted by Crippen LogP contribution is 2.62. The van der Waals surface area contributed by atoms with Crippen molar-refractivity contribution in [2.75, 3.05) is 0 Å². The van der Waals surface area contributed by atoms with Crippen LogP contribution in [0.15, 0.2) is 53.4 Å². The van der Waals surface area contributed by atoms with Gasteiger partial charge in [0.1, 0.15) is 22.8 Å². The van der Waals surface area contributed by atoms with Gasteiger partial charge in [-0.15, -0.1) is 0 Å². The molecule has 1 aliphatic rings. The number of aldehydes is 1. The van der Waals surface area contributed by atoms with E-state index in [2.05, 4.69) is 0 Å². The first-order chi connectivity index (χ1) is 11.4.